The van der Waals surface area contributed by atoms with Crippen molar-refractivity contribution in [3.8, 4) is 5.69 Å². The third-order valence-corrected chi connectivity index (χ3v) is 7.80. The molecule has 1 N–H and O–H groups in total. The highest BCUT2D eigenvalue weighted by Crippen LogP contribution is 2.42. The fraction of sp³-hybridized carbons (Fsp3) is 0.458. The molecule has 2 aliphatic heterocycles. The monoisotopic (exact) mass is 516 g/mol. The van der Waals surface area contributed by atoms with Gasteiger partial charge in [0, 0.05) is 37.8 Å². The molecule has 35 heavy (non-hydrogen) atoms. The summed E-state index contributed by atoms with van der Waals surface area (Å²) < 4.78 is 1.48. The van der Waals surface area contributed by atoms with Gasteiger partial charge in [-0.2, -0.15) is 4.98 Å². The molecule has 2 fully saturated rings. The fourth-order valence-corrected chi connectivity index (χ4v) is 5.64. The Morgan fingerprint density at radius 2 is 1.91 bits per heavy atom. The van der Waals surface area contributed by atoms with Gasteiger partial charge in [-0.15, -0.1) is 0 Å². The molecular formula is C24H26Cl2N6O3. The van der Waals surface area contributed by atoms with Gasteiger partial charge in [0.15, 0.2) is 5.65 Å². The highest BCUT2D eigenvalue weighted by molar-refractivity contribution is 6.41. The molecule has 11 heteroatoms. The van der Waals surface area contributed by atoms with Crippen molar-refractivity contribution < 1.29 is 9.90 Å². The van der Waals surface area contributed by atoms with E-state index in [1.54, 1.807) is 12.3 Å². The van der Waals surface area contributed by atoms with Crippen LogP contribution >= 0.6 is 23.2 Å². The van der Waals surface area contributed by atoms with Crippen LogP contribution in [0.1, 0.15) is 43.9 Å². The lowest BCUT2D eigenvalue weighted by molar-refractivity contribution is 0.150. The van der Waals surface area contributed by atoms with Crippen molar-refractivity contribution in [2.45, 2.75) is 39.5 Å². The number of hydrogen-bond acceptors (Lipinski definition) is 6. The van der Waals surface area contributed by atoms with Crippen molar-refractivity contribution in [2.75, 3.05) is 31.1 Å². The van der Waals surface area contributed by atoms with Gasteiger partial charge < -0.3 is 14.9 Å². The number of anilines is 1. The van der Waals surface area contributed by atoms with Crippen LogP contribution in [-0.2, 0) is 0 Å². The Labute approximate surface area is 212 Å². The van der Waals surface area contributed by atoms with Crippen LogP contribution in [0.3, 0.4) is 0 Å². The standard InChI is InChI=1S/C24H26Cl2N6O3/c1-13(2)17-18(14(3)4-7-27-17)32-21-15(10-16(25)19(26)28-21)20(29-22(32)33)30-8-5-24(11-30)6-9-31(12-24)23(34)35/h4,7,10,13H,5-6,8-9,11-12H2,1-3H3,(H,34,35). The Kier molecular flexibility index (Phi) is 5.88. The number of aryl methyl sites for hydroxylation is 1. The van der Waals surface area contributed by atoms with Gasteiger partial charge >= 0.3 is 11.8 Å². The SMILES string of the molecule is Cc1ccnc(C(C)C)c1-n1c(=O)nc(N2CCC3(CCN(C(=O)O)C3)C2)c2cc(Cl)c(Cl)nc21. The van der Waals surface area contributed by atoms with Crippen LogP contribution in [0, 0.1) is 12.3 Å². The molecule has 2 saturated heterocycles. The van der Waals surface area contributed by atoms with E-state index in [4.69, 9.17) is 23.2 Å². The molecule has 0 saturated carbocycles. The Balaban J connectivity index is 1.68. The largest absolute Gasteiger partial charge is 0.465 e. The number of nitrogens with zero attached hydrogens (tertiary/aromatic N) is 6. The molecule has 0 radical (unpaired) electrons. The third kappa shape index (κ3) is 4.00. The summed E-state index contributed by atoms with van der Waals surface area (Å²) in [6.07, 6.45) is 2.43. The second-order valence-electron chi connectivity index (χ2n) is 9.83. The molecule has 1 atom stereocenters. The zero-order valence-corrected chi connectivity index (χ0v) is 21.3. The van der Waals surface area contributed by atoms with Crippen molar-refractivity contribution in [1.29, 1.82) is 0 Å². The van der Waals surface area contributed by atoms with Gasteiger partial charge in [-0.05, 0) is 43.4 Å². The van der Waals surface area contributed by atoms with Crippen molar-refractivity contribution in [3.05, 3.63) is 50.2 Å². The van der Waals surface area contributed by atoms with Crippen molar-refractivity contribution >= 4 is 46.1 Å². The van der Waals surface area contributed by atoms with E-state index in [2.05, 4.69) is 15.0 Å². The Hall–Kier alpha value is -2.91. The van der Waals surface area contributed by atoms with E-state index in [9.17, 15) is 14.7 Å². The van der Waals surface area contributed by atoms with Crippen molar-refractivity contribution in [1.82, 2.24) is 24.4 Å². The zero-order valence-electron chi connectivity index (χ0n) is 19.8. The normalized spacial score (nSPS) is 20.1. The quantitative estimate of drug-likeness (QED) is 0.511. The summed E-state index contributed by atoms with van der Waals surface area (Å²) in [6.45, 7) is 8.21. The number of hydrogen-bond donors (Lipinski definition) is 1. The minimum absolute atomic E-state index is 0.0623. The Morgan fingerprint density at radius 1 is 1.17 bits per heavy atom. The van der Waals surface area contributed by atoms with E-state index in [0.29, 0.717) is 48.7 Å². The number of carboxylic acid groups (broad SMARTS) is 1. The van der Waals surface area contributed by atoms with Crippen molar-refractivity contribution in [2.24, 2.45) is 5.41 Å². The smallest absolute Gasteiger partial charge is 0.407 e. The lowest BCUT2D eigenvalue weighted by Crippen LogP contribution is -2.34. The first-order chi connectivity index (χ1) is 16.6. The summed E-state index contributed by atoms with van der Waals surface area (Å²) in [4.78, 5) is 42.1. The van der Waals surface area contributed by atoms with Crippen LogP contribution in [0.5, 0.6) is 0 Å². The maximum absolute atomic E-state index is 13.6. The van der Waals surface area contributed by atoms with Crippen molar-refractivity contribution in [3.63, 3.8) is 0 Å². The summed E-state index contributed by atoms with van der Waals surface area (Å²) in [7, 11) is 0. The molecule has 5 heterocycles. The summed E-state index contributed by atoms with van der Waals surface area (Å²) >= 11 is 12.7. The molecule has 3 aromatic rings. The minimum atomic E-state index is -0.898. The average molecular weight is 517 g/mol. The lowest BCUT2D eigenvalue weighted by Gasteiger charge is -2.25. The average Bonchev–Trinajstić information content (AvgIpc) is 3.42. The third-order valence-electron chi connectivity index (χ3n) is 7.13. The van der Waals surface area contributed by atoms with Gasteiger partial charge in [0.05, 0.1) is 21.8 Å². The molecule has 2 aliphatic rings. The molecule has 184 valence electrons. The van der Waals surface area contributed by atoms with Crippen LogP contribution in [-0.4, -0.2) is 61.8 Å². The van der Waals surface area contributed by atoms with Gasteiger partial charge in [-0.25, -0.2) is 19.1 Å². The summed E-state index contributed by atoms with van der Waals surface area (Å²) in [5.41, 5.74) is 2.01. The van der Waals surface area contributed by atoms with E-state index in [0.717, 1.165) is 24.1 Å². The molecule has 0 aliphatic carbocycles. The second kappa shape index (κ2) is 8.64. The number of amides is 1. The maximum atomic E-state index is 13.6. The topological polar surface area (TPSA) is 104 Å². The first-order valence-corrected chi connectivity index (χ1v) is 12.3. The number of aromatic nitrogens is 4. The van der Waals surface area contributed by atoms with E-state index in [1.807, 2.05) is 31.7 Å². The van der Waals surface area contributed by atoms with Crippen LogP contribution in [0.15, 0.2) is 23.1 Å². The summed E-state index contributed by atoms with van der Waals surface area (Å²) in [5, 5.41) is 10.4. The van der Waals surface area contributed by atoms with Crippen LogP contribution in [0.4, 0.5) is 10.6 Å². The Morgan fingerprint density at radius 3 is 2.60 bits per heavy atom. The maximum Gasteiger partial charge on any atom is 0.407 e. The lowest BCUT2D eigenvalue weighted by atomic mass is 9.86. The molecule has 5 rings (SSSR count). The predicted octanol–water partition coefficient (Wildman–Crippen LogP) is 4.49. The van der Waals surface area contributed by atoms with E-state index >= 15 is 0 Å². The predicted molar refractivity (Wildman–Crippen MR) is 135 cm³/mol. The van der Waals surface area contributed by atoms with Gasteiger partial charge in [-0.1, -0.05) is 37.0 Å². The van der Waals surface area contributed by atoms with Gasteiger partial charge in [0.1, 0.15) is 11.0 Å². The van der Waals surface area contributed by atoms with E-state index in [-0.39, 0.29) is 21.5 Å². The Bertz CT molecular complexity index is 1410. The number of pyridine rings is 2. The van der Waals surface area contributed by atoms with Crippen LogP contribution < -0.4 is 10.6 Å². The molecule has 0 aromatic carbocycles. The highest BCUT2D eigenvalue weighted by atomic mass is 35.5. The van der Waals surface area contributed by atoms with Gasteiger partial charge in [0.2, 0.25) is 0 Å². The second-order valence-corrected chi connectivity index (χ2v) is 10.6. The summed E-state index contributed by atoms with van der Waals surface area (Å²) in [5.74, 6) is 0.554. The number of fused-ring (bicyclic) bond motifs is 1. The molecule has 3 aromatic heterocycles. The number of likely N-dealkylation sites (tertiary alicyclic amines) is 1. The minimum Gasteiger partial charge on any atom is -0.465 e. The molecule has 1 spiro atoms. The first kappa shape index (κ1) is 23.8. The fourth-order valence-electron chi connectivity index (χ4n) is 5.36. The molecular weight excluding hydrogens is 491 g/mol. The zero-order chi connectivity index (χ0) is 25.1. The molecule has 1 unspecified atom stereocenters. The van der Waals surface area contributed by atoms with Crippen LogP contribution in [0.2, 0.25) is 10.2 Å². The van der Waals surface area contributed by atoms with E-state index in [1.165, 1.54) is 9.47 Å². The number of halogens is 2. The number of carbonyl (C=O) groups is 1. The molecule has 0 bridgehead atoms. The highest BCUT2D eigenvalue weighted by Gasteiger charge is 2.45. The number of rotatable bonds is 3. The van der Waals surface area contributed by atoms with Gasteiger partial charge in [-0.3, -0.25) is 4.98 Å². The van der Waals surface area contributed by atoms with Crippen LogP contribution in [0.25, 0.3) is 16.7 Å². The first-order valence-electron chi connectivity index (χ1n) is 11.6. The molecule has 9 nitrogen and oxygen atoms in total. The van der Waals surface area contributed by atoms with Gasteiger partial charge in [0.25, 0.3) is 0 Å². The summed E-state index contributed by atoms with van der Waals surface area (Å²) in [6, 6.07) is 3.55. The van der Waals surface area contributed by atoms with E-state index < -0.39 is 11.8 Å². The molecule has 1 amide bonds.